The van der Waals surface area contributed by atoms with Crippen LogP contribution < -0.4 is 4.74 Å². The molecule has 0 aliphatic carbocycles. The molecule has 3 aromatic rings. The molecule has 1 spiro atoms. The summed E-state index contributed by atoms with van der Waals surface area (Å²) in [5.74, 6) is 0.380. The topological polar surface area (TPSA) is 51.7 Å². The Balaban J connectivity index is 1.39. The van der Waals surface area contributed by atoms with Gasteiger partial charge >= 0.3 is 0 Å². The number of carbonyl (C=O) groups excluding carboxylic acids is 1. The smallest absolute Gasteiger partial charge is 0.219 e. The number of pyridine rings is 1. The van der Waals surface area contributed by atoms with Gasteiger partial charge in [0.1, 0.15) is 5.75 Å². The third kappa shape index (κ3) is 3.02. The van der Waals surface area contributed by atoms with Gasteiger partial charge in [0.05, 0.1) is 12.1 Å². The normalized spacial score (nSPS) is 18.0. The zero-order valence-electron chi connectivity index (χ0n) is 15.9. The number of carbonyl (C=O) groups is 1. The molecule has 0 unspecified atom stereocenters. The predicted octanol–water partition coefficient (Wildman–Crippen LogP) is 4.15. The van der Waals surface area contributed by atoms with E-state index in [0.717, 1.165) is 33.3 Å². The molecule has 0 saturated carbocycles. The summed E-state index contributed by atoms with van der Waals surface area (Å²) in [7, 11) is 0. The molecule has 1 fully saturated rings. The number of piperidine rings is 1. The zero-order chi connectivity index (χ0) is 19.1. The van der Waals surface area contributed by atoms with Crippen molar-refractivity contribution in [2.75, 3.05) is 13.1 Å². The quantitative estimate of drug-likeness (QED) is 0.642. The van der Waals surface area contributed by atoms with Crippen molar-refractivity contribution in [1.82, 2.24) is 9.88 Å². The maximum absolute atomic E-state index is 11.6. The summed E-state index contributed by atoms with van der Waals surface area (Å²) >= 11 is 0. The van der Waals surface area contributed by atoms with Gasteiger partial charge < -0.3 is 14.4 Å². The van der Waals surface area contributed by atoms with Crippen molar-refractivity contribution >= 4 is 16.8 Å². The van der Waals surface area contributed by atoms with Gasteiger partial charge in [-0.25, -0.2) is 0 Å². The molecule has 142 valence electrons. The number of amides is 1. The van der Waals surface area contributed by atoms with Crippen molar-refractivity contribution < 1.29 is 14.3 Å². The summed E-state index contributed by atoms with van der Waals surface area (Å²) in [6.45, 7) is 3.47. The van der Waals surface area contributed by atoms with E-state index in [-0.39, 0.29) is 5.91 Å². The van der Waals surface area contributed by atoms with Gasteiger partial charge in [0.2, 0.25) is 11.7 Å². The van der Waals surface area contributed by atoms with Gasteiger partial charge in [0, 0.05) is 55.6 Å². The molecule has 0 radical (unpaired) electrons. The maximum Gasteiger partial charge on any atom is 0.219 e. The number of fused-ring (bicyclic) bond motifs is 2. The fraction of sp³-hybridized carbons (Fsp3) is 0.304. The van der Waals surface area contributed by atoms with E-state index in [1.807, 2.05) is 35.4 Å². The molecule has 28 heavy (non-hydrogen) atoms. The molecule has 5 nitrogen and oxygen atoms in total. The Bertz CT molecular complexity index is 1050. The third-order valence-corrected chi connectivity index (χ3v) is 5.74. The van der Waals surface area contributed by atoms with Gasteiger partial charge in [-0.1, -0.05) is 24.3 Å². The van der Waals surface area contributed by atoms with Crippen LogP contribution in [0.25, 0.3) is 22.0 Å². The Labute approximate surface area is 163 Å². The van der Waals surface area contributed by atoms with E-state index in [4.69, 9.17) is 9.47 Å². The van der Waals surface area contributed by atoms with Crippen LogP contribution in [0.4, 0.5) is 0 Å². The minimum absolute atomic E-state index is 0.111. The number of para-hydroxylation sites is 1. The van der Waals surface area contributed by atoms with Crippen LogP contribution in [0.1, 0.15) is 25.3 Å². The fourth-order valence-corrected chi connectivity index (χ4v) is 4.05. The van der Waals surface area contributed by atoms with Crippen LogP contribution in [0, 0.1) is 0 Å². The third-order valence-electron chi connectivity index (χ3n) is 5.74. The molecule has 5 rings (SSSR count). The Kier molecular flexibility index (Phi) is 4.05. The lowest BCUT2D eigenvalue weighted by Crippen LogP contribution is -2.52. The molecule has 2 aliphatic rings. The second-order valence-electron chi connectivity index (χ2n) is 7.55. The number of hydrogen-bond acceptors (Lipinski definition) is 4. The molecule has 1 amide bonds. The summed E-state index contributed by atoms with van der Waals surface area (Å²) in [5.41, 5.74) is 4.23. The molecule has 1 saturated heterocycles. The van der Waals surface area contributed by atoms with Crippen molar-refractivity contribution in [2.24, 2.45) is 0 Å². The molecular formula is C23H22N2O3. The summed E-state index contributed by atoms with van der Waals surface area (Å²) < 4.78 is 12.4. The number of nitrogens with zero attached hydrogens (tertiary/aromatic N) is 2. The van der Waals surface area contributed by atoms with Crippen LogP contribution in [-0.2, 0) is 16.1 Å². The maximum atomic E-state index is 11.6. The van der Waals surface area contributed by atoms with Crippen LogP contribution in [0.3, 0.4) is 0 Å². The van der Waals surface area contributed by atoms with E-state index >= 15 is 0 Å². The minimum atomic E-state index is -0.606. The predicted molar refractivity (Wildman–Crippen MR) is 107 cm³/mol. The highest BCUT2D eigenvalue weighted by Crippen LogP contribution is 2.39. The first-order valence-electron chi connectivity index (χ1n) is 9.69. The molecule has 0 N–H and O–H groups in total. The number of rotatable bonds is 1. The van der Waals surface area contributed by atoms with Crippen LogP contribution >= 0.6 is 0 Å². The summed E-state index contributed by atoms with van der Waals surface area (Å²) in [4.78, 5) is 18.0. The molecular weight excluding hydrogens is 352 g/mol. The van der Waals surface area contributed by atoms with Gasteiger partial charge in [-0.05, 0) is 29.8 Å². The summed E-state index contributed by atoms with van der Waals surface area (Å²) in [6.07, 6.45) is 3.30. The lowest BCUT2D eigenvalue weighted by atomic mass is 9.99. The van der Waals surface area contributed by atoms with Gasteiger partial charge in [-0.3, -0.25) is 9.78 Å². The van der Waals surface area contributed by atoms with E-state index < -0.39 is 5.79 Å². The minimum Gasteiger partial charge on any atom is -0.462 e. The van der Waals surface area contributed by atoms with E-state index in [1.54, 1.807) is 6.92 Å². The Morgan fingerprint density at radius 2 is 1.89 bits per heavy atom. The van der Waals surface area contributed by atoms with Gasteiger partial charge in [0.15, 0.2) is 0 Å². The van der Waals surface area contributed by atoms with Crippen LogP contribution in [0.15, 0.2) is 54.7 Å². The van der Waals surface area contributed by atoms with E-state index in [9.17, 15) is 4.79 Å². The first-order chi connectivity index (χ1) is 13.6. The largest absolute Gasteiger partial charge is 0.462 e. The average molecular weight is 374 g/mol. The van der Waals surface area contributed by atoms with Crippen LogP contribution in [0.2, 0.25) is 0 Å². The zero-order valence-corrected chi connectivity index (χ0v) is 15.9. The van der Waals surface area contributed by atoms with Crippen molar-refractivity contribution in [3.8, 4) is 16.9 Å². The monoisotopic (exact) mass is 374 g/mol. The van der Waals surface area contributed by atoms with Crippen molar-refractivity contribution in [3.63, 3.8) is 0 Å². The number of likely N-dealkylation sites (tertiary alicyclic amines) is 1. The number of aromatic nitrogens is 1. The lowest BCUT2D eigenvalue weighted by Gasteiger charge is -2.43. The van der Waals surface area contributed by atoms with Gasteiger partial charge in [0.25, 0.3) is 0 Å². The Hall–Kier alpha value is -2.92. The first-order valence-corrected chi connectivity index (χ1v) is 9.69. The Morgan fingerprint density at radius 1 is 1.07 bits per heavy atom. The SMILES string of the molecule is CC(=O)N1CCC2(CC1)OCc1cc(-c3cnc4ccccc4c3)ccc1O2. The van der Waals surface area contributed by atoms with Crippen LogP contribution in [-0.4, -0.2) is 34.7 Å². The standard InChI is InChI=1S/C23H22N2O3/c1-16(26)25-10-8-23(9-11-25)27-15-20-12-17(6-7-22(20)28-23)19-13-18-4-2-3-5-21(18)24-14-19/h2-7,12-14H,8-11,15H2,1H3. The molecule has 0 bridgehead atoms. The first kappa shape index (κ1) is 17.2. The van der Waals surface area contributed by atoms with Gasteiger partial charge in [-0.15, -0.1) is 0 Å². The highest BCUT2D eigenvalue weighted by Gasteiger charge is 2.41. The molecule has 2 aliphatic heterocycles. The van der Waals surface area contributed by atoms with E-state index in [2.05, 4.69) is 29.2 Å². The van der Waals surface area contributed by atoms with Crippen molar-refractivity contribution in [3.05, 3.63) is 60.3 Å². The summed E-state index contributed by atoms with van der Waals surface area (Å²) in [5, 5.41) is 1.13. The highest BCUT2D eigenvalue weighted by molar-refractivity contribution is 5.83. The van der Waals surface area contributed by atoms with E-state index in [0.29, 0.717) is 32.5 Å². The second-order valence-corrected chi connectivity index (χ2v) is 7.55. The van der Waals surface area contributed by atoms with Crippen molar-refractivity contribution in [1.29, 1.82) is 0 Å². The second kappa shape index (κ2) is 6.60. The fourth-order valence-electron chi connectivity index (χ4n) is 4.05. The van der Waals surface area contributed by atoms with Gasteiger partial charge in [-0.2, -0.15) is 0 Å². The average Bonchev–Trinajstić information content (AvgIpc) is 2.73. The van der Waals surface area contributed by atoms with Crippen molar-refractivity contribution in [2.45, 2.75) is 32.2 Å². The Morgan fingerprint density at radius 3 is 2.71 bits per heavy atom. The highest BCUT2D eigenvalue weighted by atomic mass is 16.7. The number of hydrogen-bond donors (Lipinski definition) is 0. The molecule has 1 aromatic heterocycles. The molecule has 5 heteroatoms. The molecule has 0 atom stereocenters. The lowest BCUT2D eigenvalue weighted by molar-refractivity contribution is -0.227. The number of ether oxygens (including phenoxy) is 2. The number of benzene rings is 2. The molecule has 2 aromatic carbocycles. The van der Waals surface area contributed by atoms with Crippen LogP contribution in [0.5, 0.6) is 5.75 Å². The molecule has 3 heterocycles. The van der Waals surface area contributed by atoms with E-state index in [1.165, 1.54) is 0 Å². The summed E-state index contributed by atoms with van der Waals surface area (Å²) in [6, 6.07) is 16.5.